The first kappa shape index (κ1) is 19.6. The first-order valence-corrected chi connectivity index (χ1v) is 8.96. The third-order valence-electron chi connectivity index (χ3n) is 3.96. The molecule has 3 aromatic rings. The SMILES string of the molecule is O=C(O)C[C@H](NC(=O)c1cc(O)n(-c2ccc(F)cc2)n1)c1ccccc1Br. The van der Waals surface area contributed by atoms with Gasteiger partial charge in [0, 0.05) is 10.5 Å². The van der Waals surface area contributed by atoms with E-state index in [2.05, 4.69) is 26.3 Å². The van der Waals surface area contributed by atoms with Crippen molar-refractivity contribution in [3.63, 3.8) is 0 Å². The van der Waals surface area contributed by atoms with E-state index in [1.807, 2.05) is 0 Å². The summed E-state index contributed by atoms with van der Waals surface area (Å²) in [5.41, 5.74) is 0.857. The lowest BCUT2D eigenvalue weighted by atomic mass is 10.0. The first-order chi connectivity index (χ1) is 13.3. The molecule has 28 heavy (non-hydrogen) atoms. The number of amides is 1. The van der Waals surface area contributed by atoms with Crippen LogP contribution in [-0.4, -0.2) is 31.9 Å². The Morgan fingerprint density at radius 1 is 1.18 bits per heavy atom. The van der Waals surface area contributed by atoms with Crippen molar-refractivity contribution in [3.05, 3.63) is 76.1 Å². The number of carboxylic acid groups (broad SMARTS) is 1. The van der Waals surface area contributed by atoms with Gasteiger partial charge in [0.05, 0.1) is 18.2 Å². The van der Waals surface area contributed by atoms with Gasteiger partial charge in [-0.15, -0.1) is 0 Å². The van der Waals surface area contributed by atoms with Crippen molar-refractivity contribution in [2.24, 2.45) is 0 Å². The van der Waals surface area contributed by atoms with Crippen molar-refractivity contribution in [2.75, 3.05) is 0 Å². The van der Waals surface area contributed by atoms with Crippen LogP contribution >= 0.6 is 15.9 Å². The first-order valence-electron chi connectivity index (χ1n) is 8.17. The minimum absolute atomic E-state index is 0.107. The number of hydrogen-bond donors (Lipinski definition) is 3. The summed E-state index contributed by atoms with van der Waals surface area (Å²) in [4.78, 5) is 23.8. The Bertz CT molecular complexity index is 1020. The maximum atomic E-state index is 13.1. The maximum Gasteiger partial charge on any atom is 0.305 e. The van der Waals surface area contributed by atoms with E-state index in [-0.39, 0.29) is 18.0 Å². The van der Waals surface area contributed by atoms with Gasteiger partial charge in [0.25, 0.3) is 5.91 Å². The summed E-state index contributed by atoms with van der Waals surface area (Å²) < 4.78 is 14.8. The number of carboxylic acids is 1. The predicted molar refractivity (Wildman–Crippen MR) is 102 cm³/mol. The molecule has 0 unspecified atom stereocenters. The second kappa shape index (κ2) is 8.22. The topological polar surface area (TPSA) is 104 Å². The molecule has 0 fully saturated rings. The fraction of sp³-hybridized carbons (Fsp3) is 0.105. The highest BCUT2D eigenvalue weighted by Crippen LogP contribution is 2.26. The number of benzene rings is 2. The molecule has 0 spiro atoms. The molecule has 0 saturated carbocycles. The van der Waals surface area contributed by atoms with Gasteiger partial charge in [-0.25, -0.2) is 9.07 Å². The molecule has 0 aliphatic heterocycles. The van der Waals surface area contributed by atoms with E-state index in [0.29, 0.717) is 15.7 Å². The molecule has 3 rings (SSSR count). The summed E-state index contributed by atoms with van der Waals surface area (Å²) in [6.45, 7) is 0. The van der Waals surface area contributed by atoms with Crippen molar-refractivity contribution in [1.82, 2.24) is 15.1 Å². The van der Waals surface area contributed by atoms with E-state index >= 15 is 0 Å². The molecular weight excluding hydrogens is 433 g/mol. The van der Waals surface area contributed by atoms with Crippen LogP contribution in [0.5, 0.6) is 5.88 Å². The Morgan fingerprint density at radius 3 is 2.50 bits per heavy atom. The molecule has 1 amide bonds. The Balaban J connectivity index is 1.86. The van der Waals surface area contributed by atoms with Crippen LogP contribution in [0.2, 0.25) is 0 Å². The molecular formula is C19H15BrFN3O4. The van der Waals surface area contributed by atoms with Gasteiger partial charge in [0.2, 0.25) is 5.88 Å². The second-order valence-electron chi connectivity index (χ2n) is 5.92. The van der Waals surface area contributed by atoms with Gasteiger partial charge in [-0.3, -0.25) is 9.59 Å². The van der Waals surface area contributed by atoms with Crippen LogP contribution in [0.4, 0.5) is 4.39 Å². The Hall–Kier alpha value is -3.20. The Labute approximate surface area is 167 Å². The third kappa shape index (κ3) is 4.37. The number of aromatic hydroxyl groups is 1. The van der Waals surface area contributed by atoms with Gasteiger partial charge in [-0.1, -0.05) is 34.1 Å². The van der Waals surface area contributed by atoms with E-state index in [4.69, 9.17) is 0 Å². The van der Waals surface area contributed by atoms with Gasteiger partial charge in [-0.2, -0.15) is 5.10 Å². The zero-order valence-corrected chi connectivity index (χ0v) is 15.9. The van der Waals surface area contributed by atoms with Gasteiger partial charge in [-0.05, 0) is 35.9 Å². The largest absolute Gasteiger partial charge is 0.493 e. The second-order valence-corrected chi connectivity index (χ2v) is 6.78. The minimum atomic E-state index is -1.08. The zero-order chi connectivity index (χ0) is 20.3. The summed E-state index contributed by atoms with van der Waals surface area (Å²) in [6.07, 6.45) is -0.334. The van der Waals surface area contributed by atoms with Crippen molar-refractivity contribution in [3.8, 4) is 11.6 Å². The number of carbonyl (C=O) groups excluding carboxylic acids is 1. The molecule has 0 aliphatic rings. The highest BCUT2D eigenvalue weighted by Gasteiger charge is 2.23. The quantitative estimate of drug-likeness (QED) is 0.536. The van der Waals surface area contributed by atoms with Gasteiger partial charge in [0.15, 0.2) is 5.69 Å². The lowest BCUT2D eigenvalue weighted by Gasteiger charge is -2.18. The Kier molecular flexibility index (Phi) is 5.74. The number of halogens is 2. The van der Waals surface area contributed by atoms with Crippen molar-refractivity contribution < 1.29 is 24.2 Å². The summed E-state index contributed by atoms with van der Waals surface area (Å²) >= 11 is 3.35. The van der Waals surface area contributed by atoms with E-state index in [9.17, 15) is 24.2 Å². The molecule has 3 N–H and O–H groups in total. The lowest BCUT2D eigenvalue weighted by molar-refractivity contribution is -0.137. The van der Waals surface area contributed by atoms with E-state index in [1.165, 1.54) is 24.3 Å². The van der Waals surface area contributed by atoms with Crippen LogP contribution in [0.25, 0.3) is 5.69 Å². The zero-order valence-electron chi connectivity index (χ0n) is 14.3. The fourth-order valence-corrected chi connectivity index (χ4v) is 3.22. The number of carbonyl (C=O) groups is 2. The van der Waals surface area contributed by atoms with Crippen molar-refractivity contribution in [1.29, 1.82) is 0 Å². The molecule has 1 heterocycles. The molecule has 1 aromatic heterocycles. The summed E-state index contributed by atoms with van der Waals surface area (Å²) in [7, 11) is 0. The van der Waals surface area contributed by atoms with E-state index < -0.39 is 23.7 Å². The number of aliphatic carboxylic acids is 1. The third-order valence-corrected chi connectivity index (χ3v) is 4.68. The highest BCUT2D eigenvalue weighted by atomic mass is 79.9. The standard InChI is InChI=1S/C19H15BrFN3O4/c20-14-4-2-1-3-13(14)15(10-18(26)27)22-19(28)16-9-17(25)24(23-16)12-7-5-11(21)6-8-12/h1-9,15,25H,10H2,(H,22,28)(H,26,27)/t15-/m0/s1. The smallest absolute Gasteiger partial charge is 0.305 e. The van der Waals surface area contributed by atoms with Crippen LogP contribution in [0, 0.1) is 5.82 Å². The van der Waals surface area contributed by atoms with Gasteiger partial charge >= 0.3 is 5.97 Å². The molecule has 0 aliphatic carbocycles. The number of rotatable bonds is 6. The summed E-state index contributed by atoms with van der Waals surface area (Å²) in [5.74, 6) is -2.50. The average molecular weight is 448 g/mol. The van der Waals surface area contributed by atoms with Gasteiger partial charge < -0.3 is 15.5 Å². The van der Waals surface area contributed by atoms with Crippen LogP contribution in [0.15, 0.2) is 59.1 Å². The Morgan fingerprint density at radius 2 is 1.86 bits per heavy atom. The number of hydrogen-bond acceptors (Lipinski definition) is 4. The van der Waals surface area contributed by atoms with Gasteiger partial charge in [0.1, 0.15) is 5.82 Å². The number of nitrogens with one attached hydrogen (secondary N) is 1. The monoisotopic (exact) mass is 447 g/mol. The van der Waals surface area contributed by atoms with Crippen molar-refractivity contribution >= 4 is 27.8 Å². The van der Waals surface area contributed by atoms with E-state index in [0.717, 1.165) is 10.7 Å². The van der Waals surface area contributed by atoms with Crippen LogP contribution in [0.3, 0.4) is 0 Å². The predicted octanol–water partition coefficient (Wildman–Crippen LogP) is 3.43. The molecule has 2 aromatic carbocycles. The fourth-order valence-electron chi connectivity index (χ4n) is 2.66. The average Bonchev–Trinajstić information content (AvgIpc) is 3.04. The molecule has 9 heteroatoms. The molecule has 0 radical (unpaired) electrons. The molecule has 7 nitrogen and oxygen atoms in total. The molecule has 144 valence electrons. The number of aromatic nitrogens is 2. The normalized spacial score (nSPS) is 11.8. The van der Waals surface area contributed by atoms with Crippen LogP contribution in [-0.2, 0) is 4.79 Å². The van der Waals surface area contributed by atoms with Crippen LogP contribution in [0.1, 0.15) is 28.5 Å². The molecule has 1 atom stereocenters. The summed E-state index contributed by atoms with van der Waals surface area (Å²) in [6, 6.07) is 12.5. The van der Waals surface area contributed by atoms with E-state index in [1.54, 1.807) is 24.3 Å². The van der Waals surface area contributed by atoms with Crippen molar-refractivity contribution in [2.45, 2.75) is 12.5 Å². The minimum Gasteiger partial charge on any atom is -0.493 e. The highest BCUT2D eigenvalue weighted by molar-refractivity contribution is 9.10. The van der Waals surface area contributed by atoms with Crippen LogP contribution < -0.4 is 5.32 Å². The maximum absolute atomic E-state index is 13.1. The summed E-state index contributed by atoms with van der Waals surface area (Å²) in [5, 5.41) is 25.9. The lowest BCUT2D eigenvalue weighted by Crippen LogP contribution is -2.30. The molecule has 0 saturated heterocycles. The number of nitrogens with zero attached hydrogens (tertiary/aromatic N) is 2. The molecule has 0 bridgehead atoms.